The standard InChI is InChI=1S/C11H16N2O3S2/c1-16-11-3-2-9(18(12,14)15)6-10(11)13-8-4-5-17-7-8/h2-3,6,8,13H,4-5,7H2,1H3,(H2,12,14,15). The van der Waals surface area contributed by atoms with Gasteiger partial charge in [-0.15, -0.1) is 0 Å². The van der Waals surface area contributed by atoms with Gasteiger partial charge in [0, 0.05) is 11.8 Å². The van der Waals surface area contributed by atoms with Crippen molar-refractivity contribution < 1.29 is 13.2 Å². The first-order valence-corrected chi connectivity index (χ1v) is 8.26. The Morgan fingerprint density at radius 1 is 1.50 bits per heavy atom. The summed E-state index contributed by atoms with van der Waals surface area (Å²) in [7, 11) is -2.13. The number of primary sulfonamides is 1. The molecule has 5 nitrogen and oxygen atoms in total. The molecule has 0 bridgehead atoms. The van der Waals surface area contributed by atoms with Crippen molar-refractivity contribution in [2.45, 2.75) is 17.4 Å². The number of rotatable bonds is 4. The lowest BCUT2D eigenvalue weighted by atomic mass is 10.2. The number of hydrogen-bond donors (Lipinski definition) is 2. The van der Waals surface area contributed by atoms with Gasteiger partial charge in [-0.25, -0.2) is 13.6 Å². The molecule has 7 heteroatoms. The summed E-state index contributed by atoms with van der Waals surface area (Å²) in [5.41, 5.74) is 0.677. The van der Waals surface area contributed by atoms with Gasteiger partial charge in [0.2, 0.25) is 10.0 Å². The molecule has 1 aliphatic rings. The van der Waals surface area contributed by atoms with Crippen LogP contribution >= 0.6 is 11.8 Å². The second-order valence-corrected chi connectivity index (χ2v) is 6.82. The van der Waals surface area contributed by atoms with Gasteiger partial charge < -0.3 is 10.1 Å². The molecule has 0 aromatic heterocycles. The third-order valence-corrected chi connectivity index (χ3v) is 4.86. The van der Waals surface area contributed by atoms with E-state index in [1.165, 1.54) is 12.1 Å². The van der Waals surface area contributed by atoms with Crippen LogP contribution in [0, 0.1) is 0 Å². The zero-order valence-corrected chi connectivity index (χ0v) is 11.7. The Morgan fingerprint density at radius 2 is 2.28 bits per heavy atom. The molecule has 1 aromatic rings. The zero-order valence-electron chi connectivity index (χ0n) is 10.0. The Hall–Kier alpha value is -0.920. The highest BCUT2D eigenvalue weighted by Crippen LogP contribution is 2.30. The Bertz CT molecular complexity index is 525. The van der Waals surface area contributed by atoms with Gasteiger partial charge in [0.05, 0.1) is 17.7 Å². The monoisotopic (exact) mass is 288 g/mol. The number of ether oxygens (including phenoxy) is 1. The van der Waals surface area contributed by atoms with E-state index in [1.807, 2.05) is 11.8 Å². The first-order chi connectivity index (χ1) is 8.50. The van der Waals surface area contributed by atoms with E-state index >= 15 is 0 Å². The van der Waals surface area contributed by atoms with Gasteiger partial charge >= 0.3 is 0 Å². The van der Waals surface area contributed by atoms with Crippen molar-refractivity contribution in [3.63, 3.8) is 0 Å². The second kappa shape index (κ2) is 5.38. The molecule has 0 radical (unpaired) electrons. The molecule has 1 unspecified atom stereocenters. The number of thioether (sulfide) groups is 1. The summed E-state index contributed by atoms with van der Waals surface area (Å²) >= 11 is 1.88. The van der Waals surface area contributed by atoms with Crippen molar-refractivity contribution in [2.24, 2.45) is 5.14 Å². The highest BCUT2D eigenvalue weighted by atomic mass is 32.2. The van der Waals surface area contributed by atoms with Crippen LogP contribution in [0.4, 0.5) is 5.69 Å². The van der Waals surface area contributed by atoms with Crippen molar-refractivity contribution in [2.75, 3.05) is 23.9 Å². The van der Waals surface area contributed by atoms with Gasteiger partial charge in [0.15, 0.2) is 0 Å². The van der Waals surface area contributed by atoms with Crippen LogP contribution in [0.3, 0.4) is 0 Å². The first-order valence-electron chi connectivity index (χ1n) is 5.56. The summed E-state index contributed by atoms with van der Waals surface area (Å²) in [5.74, 6) is 2.76. The maximum absolute atomic E-state index is 11.3. The van der Waals surface area contributed by atoms with Crippen LogP contribution in [0.25, 0.3) is 0 Å². The zero-order chi connectivity index (χ0) is 13.2. The first kappa shape index (κ1) is 13.5. The fourth-order valence-corrected chi connectivity index (χ4v) is 3.54. The predicted molar refractivity (Wildman–Crippen MR) is 73.7 cm³/mol. The highest BCUT2D eigenvalue weighted by molar-refractivity contribution is 7.99. The molecular weight excluding hydrogens is 272 g/mol. The van der Waals surface area contributed by atoms with Crippen molar-refractivity contribution in [1.82, 2.24) is 0 Å². The van der Waals surface area contributed by atoms with E-state index in [0.29, 0.717) is 17.5 Å². The summed E-state index contributed by atoms with van der Waals surface area (Å²) < 4.78 is 27.9. The maximum atomic E-state index is 11.3. The third kappa shape index (κ3) is 3.09. The lowest BCUT2D eigenvalue weighted by molar-refractivity contribution is 0.415. The van der Waals surface area contributed by atoms with Gasteiger partial charge in [-0.1, -0.05) is 0 Å². The average molecular weight is 288 g/mol. The number of benzene rings is 1. The smallest absolute Gasteiger partial charge is 0.238 e. The Morgan fingerprint density at radius 3 is 2.83 bits per heavy atom. The number of methoxy groups -OCH3 is 1. The molecular formula is C11H16N2O3S2. The Balaban J connectivity index is 2.30. The van der Waals surface area contributed by atoms with E-state index in [9.17, 15) is 8.42 Å². The normalized spacial score (nSPS) is 19.8. The van der Waals surface area contributed by atoms with Gasteiger partial charge in [-0.05, 0) is 30.4 Å². The minimum atomic E-state index is -3.68. The number of nitrogens with two attached hydrogens (primary N) is 1. The van der Waals surface area contributed by atoms with Crippen LogP contribution in [0.1, 0.15) is 6.42 Å². The molecule has 1 atom stereocenters. The average Bonchev–Trinajstić information content (AvgIpc) is 2.80. The van der Waals surface area contributed by atoms with Crippen LogP contribution in [-0.4, -0.2) is 33.1 Å². The van der Waals surface area contributed by atoms with Crippen LogP contribution in [0.15, 0.2) is 23.1 Å². The molecule has 1 aromatic carbocycles. The van der Waals surface area contributed by atoms with Crippen molar-refractivity contribution >= 4 is 27.5 Å². The molecule has 1 aliphatic heterocycles. The number of nitrogens with one attached hydrogen (secondary N) is 1. The van der Waals surface area contributed by atoms with Crippen molar-refractivity contribution in [3.05, 3.63) is 18.2 Å². The van der Waals surface area contributed by atoms with E-state index < -0.39 is 10.0 Å². The van der Waals surface area contributed by atoms with E-state index in [2.05, 4.69) is 5.32 Å². The molecule has 0 spiro atoms. The number of anilines is 1. The predicted octanol–water partition coefficient (Wildman–Crippen LogP) is 1.26. The van der Waals surface area contributed by atoms with Crippen molar-refractivity contribution in [3.8, 4) is 5.75 Å². The lowest BCUT2D eigenvalue weighted by Gasteiger charge is -2.16. The quantitative estimate of drug-likeness (QED) is 0.871. The summed E-state index contributed by atoms with van der Waals surface area (Å²) in [6.45, 7) is 0. The minimum Gasteiger partial charge on any atom is -0.495 e. The molecule has 18 heavy (non-hydrogen) atoms. The minimum absolute atomic E-state index is 0.0939. The fraction of sp³-hybridized carbons (Fsp3) is 0.455. The second-order valence-electron chi connectivity index (χ2n) is 4.11. The maximum Gasteiger partial charge on any atom is 0.238 e. The van der Waals surface area contributed by atoms with Crippen molar-refractivity contribution in [1.29, 1.82) is 0 Å². The highest BCUT2D eigenvalue weighted by Gasteiger charge is 2.18. The van der Waals surface area contributed by atoms with Crippen LogP contribution in [0.5, 0.6) is 5.75 Å². The van der Waals surface area contributed by atoms with Crippen LogP contribution < -0.4 is 15.2 Å². The van der Waals surface area contributed by atoms with Gasteiger partial charge in [-0.2, -0.15) is 11.8 Å². The van der Waals surface area contributed by atoms with Gasteiger partial charge in [-0.3, -0.25) is 0 Å². The van der Waals surface area contributed by atoms with Crippen LogP contribution in [0.2, 0.25) is 0 Å². The Labute approximate surface area is 111 Å². The summed E-state index contributed by atoms with van der Waals surface area (Å²) in [6.07, 6.45) is 1.06. The van der Waals surface area contributed by atoms with E-state index in [4.69, 9.17) is 9.88 Å². The molecule has 0 saturated carbocycles. The molecule has 0 amide bonds. The molecule has 1 heterocycles. The molecule has 2 rings (SSSR count). The Kier molecular flexibility index (Phi) is 4.04. The fourth-order valence-electron chi connectivity index (χ4n) is 1.85. The molecule has 1 saturated heterocycles. The summed E-state index contributed by atoms with van der Waals surface area (Å²) in [4.78, 5) is 0.0939. The SMILES string of the molecule is COc1ccc(S(N)(=O)=O)cc1NC1CCSC1. The number of hydrogen-bond acceptors (Lipinski definition) is 5. The van der Waals surface area contributed by atoms with Gasteiger partial charge in [0.1, 0.15) is 5.75 Å². The topological polar surface area (TPSA) is 81.4 Å². The third-order valence-electron chi connectivity index (χ3n) is 2.79. The van der Waals surface area contributed by atoms with E-state index in [-0.39, 0.29) is 4.90 Å². The van der Waals surface area contributed by atoms with Gasteiger partial charge in [0.25, 0.3) is 0 Å². The lowest BCUT2D eigenvalue weighted by Crippen LogP contribution is -2.19. The summed E-state index contributed by atoms with van der Waals surface area (Å²) in [5, 5.41) is 8.43. The van der Waals surface area contributed by atoms with Crippen LogP contribution in [-0.2, 0) is 10.0 Å². The summed E-state index contributed by atoms with van der Waals surface area (Å²) in [6, 6.07) is 4.93. The number of sulfonamides is 1. The van der Waals surface area contributed by atoms with E-state index in [1.54, 1.807) is 13.2 Å². The molecule has 1 fully saturated rings. The molecule has 100 valence electrons. The molecule has 0 aliphatic carbocycles. The molecule has 3 N–H and O–H groups in total. The largest absolute Gasteiger partial charge is 0.495 e. The van der Waals surface area contributed by atoms with E-state index in [0.717, 1.165) is 17.9 Å².